The number of allylic oxidation sites excluding steroid dienone is 8. The highest BCUT2D eigenvalue weighted by atomic mass is 32.2. The van der Waals surface area contributed by atoms with Gasteiger partial charge in [0.2, 0.25) is 0 Å². The van der Waals surface area contributed by atoms with Crippen molar-refractivity contribution in [1.82, 2.24) is 0 Å². The second-order valence-electron chi connectivity index (χ2n) is 7.66. The molecule has 0 heterocycles. The Morgan fingerprint density at radius 1 is 1.23 bits per heavy atom. The molecule has 0 fully saturated rings. The highest BCUT2D eigenvalue weighted by Gasteiger charge is 2.33. The summed E-state index contributed by atoms with van der Waals surface area (Å²) in [6, 6.07) is 0. The third-order valence-corrected chi connectivity index (χ3v) is 6.58. The second kappa shape index (κ2) is 10.2. The minimum Gasteiger partial charge on any atom is -0.501 e. The van der Waals surface area contributed by atoms with Crippen LogP contribution in [0, 0.1) is 5.92 Å². The number of thioether (sulfide) groups is 1. The van der Waals surface area contributed by atoms with Crippen LogP contribution in [-0.4, -0.2) is 41.3 Å². The number of aliphatic hydroxyl groups is 2. The quantitative estimate of drug-likeness (QED) is 0.534. The molecule has 0 saturated carbocycles. The molecular formula is C22H27F3O4S. The molecule has 4 nitrogen and oxygen atoms in total. The van der Waals surface area contributed by atoms with Gasteiger partial charge in [-0.05, 0) is 59.8 Å². The number of aliphatic hydroxyl groups excluding tert-OH is 1. The first-order valence-electron chi connectivity index (χ1n) is 10.0. The van der Waals surface area contributed by atoms with Crippen molar-refractivity contribution in [2.24, 2.45) is 5.92 Å². The Morgan fingerprint density at radius 3 is 2.67 bits per heavy atom. The maximum absolute atomic E-state index is 12.4. The van der Waals surface area contributed by atoms with E-state index in [9.17, 15) is 23.4 Å². The minimum absolute atomic E-state index is 0.0555. The lowest BCUT2D eigenvalue weighted by molar-refractivity contribution is -0.336. The van der Waals surface area contributed by atoms with Gasteiger partial charge in [0.05, 0.1) is 19.0 Å². The highest BCUT2D eigenvalue weighted by molar-refractivity contribution is 8.03. The summed E-state index contributed by atoms with van der Waals surface area (Å²) in [7, 11) is 1.63. The molecule has 3 unspecified atom stereocenters. The Bertz CT molecular complexity index is 765. The largest absolute Gasteiger partial charge is 0.523 e. The Labute approximate surface area is 178 Å². The molecule has 0 spiro atoms. The van der Waals surface area contributed by atoms with Crippen LogP contribution in [0.2, 0.25) is 0 Å². The van der Waals surface area contributed by atoms with Crippen molar-refractivity contribution in [3.05, 3.63) is 58.3 Å². The minimum atomic E-state index is -4.63. The number of methoxy groups -OCH3 is 1. The number of hydrogen-bond donors (Lipinski definition) is 2. The third kappa shape index (κ3) is 7.04. The van der Waals surface area contributed by atoms with Crippen molar-refractivity contribution >= 4 is 11.8 Å². The van der Waals surface area contributed by atoms with Gasteiger partial charge in [0, 0.05) is 18.1 Å². The smallest absolute Gasteiger partial charge is 0.501 e. The molecule has 3 aliphatic rings. The molecule has 2 N–H and O–H groups in total. The summed E-state index contributed by atoms with van der Waals surface area (Å²) in [6.45, 7) is 0. The summed E-state index contributed by atoms with van der Waals surface area (Å²) >= 11 is 1.78. The van der Waals surface area contributed by atoms with Gasteiger partial charge in [-0.2, -0.15) is 0 Å². The molecule has 0 aromatic rings. The van der Waals surface area contributed by atoms with E-state index < -0.39 is 18.8 Å². The maximum atomic E-state index is 12.4. The Hall–Kier alpha value is -1.48. The molecule has 30 heavy (non-hydrogen) atoms. The Kier molecular flexibility index (Phi) is 7.90. The number of ether oxygens (including phenoxy) is 2. The zero-order chi connectivity index (χ0) is 21.7. The molecule has 8 heteroatoms. The highest BCUT2D eigenvalue weighted by Crippen LogP contribution is 2.41. The predicted molar refractivity (Wildman–Crippen MR) is 110 cm³/mol. The van der Waals surface area contributed by atoms with E-state index in [2.05, 4.69) is 16.9 Å². The van der Waals surface area contributed by atoms with Crippen LogP contribution >= 0.6 is 11.8 Å². The molecule has 0 radical (unpaired) electrons. The van der Waals surface area contributed by atoms with Gasteiger partial charge in [0.15, 0.2) is 6.29 Å². The van der Waals surface area contributed by atoms with Crippen molar-refractivity contribution < 1.29 is 32.9 Å². The lowest BCUT2D eigenvalue weighted by Crippen LogP contribution is -2.23. The number of rotatable bonds is 7. The summed E-state index contributed by atoms with van der Waals surface area (Å²) in [5, 5.41) is 18.9. The third-order valence-electron chi connectivity index (χ3n) is 5.26. The van der Waals surface area contributed by atoms with Gasteiger partial charge < -0.3 is 14.9 Å². The van der Waals surface area contributed by atoms with E-state index in [0.29, 0.717) is 0 Å². The lowest BCUT2D eigenvalue weighted by atomic mass is 9.91. The Morgan fingerprint density at radius 2 is 2.03 bits per heavy atom. The molecule has 0 saturated heterocycles. The predicted octanol–water partition coefficient (Wildman–Crippen LogP) is 5.12. The first kappa shape index (κ1) is 23.2. The van der Waals surface area contributed by atoms with Crippen molar-refractivity contribution in [2.45, 2.75) is 62.5 Å². The maximum Gasteiger partial charge on any atom is 0.523 e. The van der Waals surface area contributed by atoms with Crippen LogP contribution in [0.15, 0.2) is 58.3 Å². The van der Waals surface area contributed by atoms with E-state index in [-0.39, 0.29) is 24.0 Å². The van der Waals surface area contributed by atoms with Gasteiger partial charge in [-0.3, -0.25) is 4.74 Å². The fourth-order valence-corrected chi connectivity index (χ4v) is 5.43. The van der Waals surface area contributed by atoms with Crippen LogP contribution in [0.4, 0.5) is 13.2 Å². The van der Waals surface area contributed by atoms with Gasteiger partial charge in [0.25, 0.3) is 0 Å². The van der Waals surface area contributed by atoms with E-state index in [0.717, 1.165) is 42.6 Å². The van der Waals surface area contributed by atoms with Crippen LogP contribution in [0.1, 0.15) is 38.5 Å². The van der Waals surface area contributed by atoms with Gasteiger partial charge in [-0.1, -0.05) is 24.3 Å². The summed E-state index contributed by atoms with van der Waals surface area (Å²) in [6.07, 6.45) is 8.08. The number of alkyl halides is 3. The topological polar surface area (TPSA) is 58.9 Å². The van der Waals surface area contributed by atoms with Crippen molar-refractivity contribution in [3.63, 3.8) is 0 Å². The zero-order valence-electron chi connectivity index (χ0n) is 16.8. The van der Waals surface area contributed by atoms with E-state index in [1.807, 2.05) is 6.08 Å². The fraction of sp³-hybridized carbons (Fsp3) is 0.545. The van der Waals surface area contributed by atoms with Crippen molar-refractivity contribution in [1.29, 1.82) is 0 Å². The molecule has 0 bridgehead atoms. The molecule has 0 aromatic carbocycles. The molecule has 166 valence electrons. The van der Waals surface area contributed by atoms with Crippen LogP contribution in [0.5, 0.6) is 0 Å². The number of halogens is 3. The van der Waals surface area contributed by atoms with Crippen LogP contribution in [0.3, 0.4) is 0 Å². The average molecular weight is 445 g/mol. The summed E-state index contributed by atoms with van der Waals surface area (Å²) < 4.78 is 46.6. The molecule has 3 atom stereocenters. The SMILES string of the molecule is COC1=CC(CC(O)O)CC(SC2=CC(C3=CCC(OC(F)(F)F)C=C3)=CCC2)C1. The molecule has 0 amide bonds. The summed E-state index contributed by atoms with van der Waals surface area (Å²) in [5.74, 6) is 0.921. The van der Waals surface area contributed by atoms with Gasteiger partial charge in [-0.25, -0.2) is 0 Å². The van der Waals surface area contributed by atoms with Gasteiger partial charge in [-0.15, -0.1) is 24.9 Å². The van der Waals surface area contributed by atoms with E-state index in [1.54, 1.807) is 31.0 Å². The van der Waals surface area contributed by atoms with Crippen LogP contribution in [0.25, 0.3) is 0 Å². The zero-order valence-corrected chi connectivity index (χ0v) is 17.6. The Balaban J connectivity index is 1.61. The van der Waals surface area contributed by atoms with E-state index in [1.165, 1.54) is 11.0 Å². The normalized spacial score (nSPS) is 27.4. The molecule has 0 aromatic heterocycles. The molecule has 3 rings (SSSR count). The standard InChI is InChI=1S/C22H27F3O4S/c1-28-18-9-14(11-21(26)27)10-20(13-18)30-19-4-2-3-16(12-19)15-5-7-17(8-6-15)29-22(23,24)25/h3,5-7,9,12,14,17,20-21,26-27H,2,4,8,10-11,13H2,1H3. The lowest BCUT2D eigenvalue weighted by Gasteiger charge is -2.29. The van der Waals surface area contributed by atoms with E-state index >= 15 is 0 Å². The van der Waals surface area contributed by atoms with Crippen LogP contribution in [-0.2, 0) is 9.47 Å². The fourth-order valence-electron chi connectivity index (χ4n) is 3.98. The van der Waals surface area contributed by atoms with Crippen LogP contribution < -0.4 is 0 Å². The summed E-state index contributed by atoms with van der Waals surface area (Å²) in [5.41, 5.74) is 1.93. The van der Waals surface area contributed by atoms with Crippen molar-refractivity contribution in [2.75, 3.05) is 7.11 Å². The molecular weight excluding hydrogens is 417 g/mol. The van der Waals surface area contributed by atoms with Gasteiger partial charge >= 0.3 is 6.36 Å². The number of hydrogen-bond acceptors (Lipinski definition) is 5. The monoisotopic (exact) mass is 444 g/mol. The average Bonchev–Trinajstić information content (AvgIpc) is 2.67. The molecule has 3 aliphatic carbocycles. The second-order valence-corrected chi connectivity index (χ2v) is 9.09. The van der Waals surface area contributed by atoms with Gasteiger partial charge in [0.1, 0.15) is 0 Å². The summed E-state index contributed by atoms with van der Waals surface area (Å²) in [4.78, 5) is 1.22. The first-order chi connectivity index (χ1) is 14.2. The molecule has 0 aliphatic heterocycles. The first-order valence-corrected chi connectivity index (χ1v) is 10.9. The van der Waals surface area contributed by atoms with Crippen molar-refractivity contribution in [3.8, 4) is 0 Å². The van der Waals surface area contributed by atoms with E-state index in [4.69, 9.17) is 4.74 Å².